The Kier molecular flexibility index (Phi) is 2.68. The molecule has 1 saturated carbocycles. The smallest absolute Gasteiger partial charge is 0.307 e. The second-order valence-corrected chi connectivity index (χ2v) is 5.03. The first-order valence-electron chi connectivity index (χ1n) is 6.20. The second-order valence-electron chi connectivity index (χ2n) is 5.03. The van der Waals surface area contributed by atoms with Crippen molar-refractivity contribution in [3.63, 3.8) is 0 Å². The molecule has 2 rings (SSSR count). The van der Waals surface area contributed by atoms with E-state index in [2.05, 4.69) is 0 Å². The van der Waals surface area contributed by atoms with Crippen molar-refractivity contribution < 1.29 is 9.59 Å². The van der Waals surface area contributed by atoms with Crippen LogP contribution >= 0.6 is 0 Å². The van der Waals surface area contributed by atoms with Gasteiger partial charge < -0.3 is 4.90 Å². The molecule has 1 aliphatic carbocycles. The molecule has 0 N–H and O–H groups in total. The summed E-state index contributed by atoms with van der Waals surface area (Å²) in [4.78, 5) is 27.7. The third kappa shape index (κ3) is 1.28. The molecule has 0 unspecified atom stereocenters. The summed E-state index contributed by atoms with van der Waals surface area (Å²) in [6.45, 7) is 6.33. The summed E-state index contributed by atoms with van der Waals surface area (Å²) in [5.41, 5.74) is -0.499. The molecule has 1 saturated heterocycles. The van der Waals surface area contributed by atoms with Crippen molar-refractivity contribution in [1.82, 2.24) is 9.80 Å². The Balaban J connectivity index is 2.41. The molecule has 0 aromatic rings. The van der Waals surface area contributed by atoms with Crippen LogP contribution in [0.1, 0.15) is 46.5 Å². The fraction of sp³-hybridized carbons (Fsp3) is 0.833. The number of hydrogen-bond acceptors (Lipinski definition) is 2. The molecule has 0 aromatic heterocycles. The first-order chi connectivity index (χ1) is 7.54. The van der Waals surface area contributed by atoms with E-state index in [1.807, 2.05) is 25.7 Å². The highest BCUT2D eigenvalue weighted by Crippen LogP contribution is 2.42. The summed E-state index contributed by atoms with van der Waals surface area (Å²) in [6.07, 6.45) is 3.79. The van der Waals surface area contributed by atoms with Crippen molar-refractivity contribution in [3.8, 4) is 0 Å². The molecule has 4 nitrogen and oxygen atoms in total. The largest absolute Gasteiger partial charge is 0.327 e. The molecule has 90 valence electrons. The Bertz CT molecular complexity index is 319. The van der Waals surface area contributed by atoms with E-state index in [1.54, 1.807) is 0 Å². The van der Waals surface area contributed by atoms with Gasteiger partial charge in [-0.1, -0.05) is 12.8 Å². The molecule has 1 aliphatic heterocycles. The standard InChI is InChI=1S/C12H20N2O2/c1-4-13-10(15)12(7-5-6-8-12)14(9(2)3)11(13)16/h9H,4-8H2,1-3H3. The van der Waals surface area contributed by atoms with Crippen molar-refractivity contribution in [2.75, 3.05) is 6.54 Å². The number of carbonyl (C=O) groups is 2. The van der Waals surface area contributed by atoms with E-state index in [9.17, 15) is 9.59 Å². The van der Waals surface area contributed by atoms with Crippen LogP contribution in [-0.4, -0.2) is 39.9 Å². The van der Waals surface area contributed by atoms with Gasteiger partial charge in [-0.2, -0.15) is 0 Å². The topological polar surface area (TPSA) is 40.6 Å². The van der Waals surface area contributed by atoms with Crippen LogP contribution in [0.25, 0.3) is 0 Å². The Morgan fingerprint density at radius 1 is 1.25 bits per heavy atom. The van der Waals surface area contributed by atoms with Crippen molar-refractivity contribution in [2.45, 2.75) is 58.0 Å². The van der Waals surface area contributed by atoms with Gasteiger partial charge in [-0.25, -0.2) is 4.79 Å². The number of carbonyl (C=O) groups excluding carboxylic acids is 2. The van der Waals surface area contributed by atoms with Gasteiger partial charge in [-0.15, -0.1) is 0 Å². The zero-order chi connectivity index (χ0) is 11.9. The predicted octanol–water partition coefficient (Wildman–Crippen LogP) is 1.99. The molecule has 4 heteroatoms. The van der Waals surface area contributed by atoms with Crippen molar-refractivity contribution in [2.24, 2.45) is 0 Å². The van der Waals surface area contributed by atoms with Gasteiger partial charge in [0.15, 0.2) is 0 Å². The van der Waals surface area contributed by atoms with Crippen molar-refractivity contribution >= 4 is 11.9 Å². The van der Waals surface area contributed by atoms with Crippen molar-refractivity contribution in [1.29, 1.82) is 0 Å². The van der Waals surface area contributed by atoms with Crippen LogP contribution in [0.5, 0.6) is 0 Å². The lowest BCUT2D eigenvalue weighted by Crippen LogP contribution is -2.50. The monoisotopic (exact) mass is 224 g/mol. The Morgan fingerprint density at radius 2 is 1.81 bits per heavy atom. The first kappa shape index (κ1) is 11.4. The lowest BCUT2D eigenvalue weighted by molar-refractivity contribution is -0.133. The van der Waals surface area contributed by atoms with E-state index < -0.39 is 5.54 Å². The van der Waals surface area contributed by atoms with Gasteiger partial charge >= 0.3 is 6.03 Å². The van der Waals surface area contributed by atoms with Gasteiger partial charge in [0, 0.05) is 12.6 Å². The summed E-state index contributed by atoms with van der Waals surface area (Å²) in [6, 6.07) is 0.00972. The SMILES string of the molecule is CCN1C(=O)N(C(C)C)C2(CCCC2)C1=O. The summed E-state index contributed by atoms with van der Waals surface area (Å²) in [5.74, 6) is 0.0335. The zero-order valence-electron chi connectivity index (χ0n) is 10.3. The maximum atomic E-state index is 12.3. The van der Waals surface area contributed by atoms with Gasteiger partial charge in [-0.3, -0.25) is 9.69 Å². The number of amides is 3. The van der Waals surface area contributed by atoms with Gasteiger partial charge in [0.2, 0.25) is 0 Å². The predicted molar refractivity (Wildman–Crippen MR) is 61.0 cm³/mol. The number of rotatable bonds is 2. The van der Waals surface area contributed by atoms with Crippen molar-refractivity contribution in [3.05, 3.63) is 0 Å². The fourth-order valence-corrected chi connectivity index (χ4v) is 3.16. The lowest BCUT2D eigenvalue weighted by atomic mass is 9.94. The van der Waals surface area contributed by atoms with E-state index >= 15 is 0 Å². The molecule has 0 aromatic carbocycles. The zero-order valence-corrected chi connectivity index (χ0v) is 10.3. The molecule has 0 atom stereocenters. The molecule has 1 spiro atoms. The Hall–Kier alpha value is -1.06. The third-order valence-electron chi connectivity index (χ3n) is 3.80. The quantitative estimate of drug-likeness (QED) is 0.673. The normalized spacial score (nSPS) is 24.2. The average molecular weight is 224 g/mol. The Morgan fingerprint density at radius 3 is 2.25 bits per heavy atom. The third-order valence-corrected chi connectivity index (χ3v) is 3.80. The van der Waals surface area contributed by atoms with Crippen LogP contribution in [-0.2, 0) is 4.79 Å². The highest BCUT2D eigenvalue weighted by molar-refractivity contribution is 6.07. The highest BCUT2D eigenvalue weighted by atomic mass is 16.2. The van der Waals surface area contributed by atoms with Gasteiger partial charge in [0.05, 0.1) is 0 Å². The molecule has 16 heavy (non-hydrogen) atoms. The van der Waals surface area contributed by atoms with Gasteiger partial charge in [0.25, 0.3) is 5.91 Å². The van der Waals surface area contributed by atoms with Gasteiger partial charge in [0.1, 0.15) is 5.54 Å². The van der Waals surface area contributed by atoms with E-state index in [0.717, 1.165) is 25.7 Å². The highest BCUT2D eigenvalue weighted by Gasteiger charge is 2.58. The van der Waals surface area contributed by atoms with E-state index in [0.29, 0.717) is 6.54 Å². The number of urea groups is 1. The maximum absolute atomic E-state index is 12.3. The lowest BCUT2D eigenvalue weighted by Gasteiger charge is -2.34. The molecule has 2 fully saturated rings. The van der Waals surface area contributed by atoms with Crippen LogP contribution in [0.3, 0.4) is 0 Å². The summed E-state index contributed by atoms with van der Waals surface area (Å²) in [7, 11) is 0. The number of imide groups is 1. The van der Waals surface area contributed by atoms with Crippen LogP contribution in [0.4, 0.5) is 4.79 Å². The molecule has 3 amide bonds. The molecular formula is C12H20N2O2. The molecule has 2 aliphatic rings. The molecule has 0 bridgehead atoms. The van der Waals surface area contributed by atoms with Crippen LogP contribution < -0.4 is 0 Å². The summed E-state index contributed by atoms with van der Waals surface area (Å²) in [5, 5.41) is 0. The first-order valence-corrected chi connectivity index (χ1v) is 6.20. The maximum Gasteiger partial charge on any atom is 0.327 e. The van der Waals surface area contributed by atoms with Crippen LogP contribution in [0, 0.1) is 0 Å². The molecule has 1 heterocycles. The van der Waals surface area contributed by atoms with Gasteiger partial charge in [-0.05, 0) is 33.6 Å². The second kappa shape index (κ2) is 3.75. The summed E-state index contributed by atoms with van der Waals surface area (Å²) < 4.78 is 0. The number of hydrogen-bond donors (Lipinski definition) is 0. The van der Waals surface area contributed by atoms with Crippen LogP contribution in [0.2, 0.25) is 0 Å². The molecule has 0 radical (unpaired) electrons. The minimum Gasteiger partial charge on any atom is -0.307 e. The minimum absolute atomic E-state index is 0.0335. The minimum atomic E-state index is -0.499. The molecular weight excluding hydrogens is 204 g/mol. The Labute approximate surface area is 96.6 Å². The average Bonchev–Trinajstić information content (AvgIpc) is 2.75. The number of likely N-dealkylation sites (N-methyl/N-ethyl adjacent to an activating group) is 1. The summed E-state index contributed by atoms with van der Waals surface area (Å²) >= 11 is 0. The van der Waals surface area contributed by atoms with E-state index in [-0.39, 0.29) is 18.0 Å². The fourth-order valence-electron chi connectivity index (χ4n) is 3.16. The number of nitrogens with zero attached hydrogens (tertiary/aromatic N) is 2. The van der Waals surface area contributed by atoms with E-state index in [4.69, 9.17) is 0 Å². The van der Waals surface area contributed by atoms with E-state index in [1.165, 1.54) is 4.90 Å². The van der Waals surface area contributed by atoms with Crippen LogP contribution in [0.15, 0.2) is 0 Å².